The Bertz CT molecular complexity index is 701. The summed E-state index contributed by atoms with van der Waals surface area (Å²) in [6.45, 7) is 2.73. The molecule has 1 aromatic carbocycles. The summed E-state index contributed by atoms with van der Waals surface area (Å²) in [4.78, 5) is 16.9. The predicted molar refractivity (Wildman–Crippen MR) is 83.6 cm³/mol. The molecule has 0 aliphatic carbocycles. The zero-order chi connectivity index (χ0) is 15.8. The van der Waals surface area contributed by atoms with Gasteiger partial charge in [-0.15, -0.1) is 5.10 Å². The molecule has 1 unspecified atom stereocenters. The molecule has 23 heavy (non-hydrogen) atoms. The standard InChI is InChI=1S/C16H19N5O2/c22-11-13-15-10-19(8-9-21(15)18-17-13)14-6-7-20(16(14)23)12-4-2-1-3-5-12/h1-5,14,22H,6-11H2. The molecule has 3 heterocycles. The van der Waals surface area contributed by atoms with Crippen LogP contribution >= 0.6 is 0 Å². The van der Waals surface area contributed by atoms with Crippen LogP contribution in [0, 0.1) is 0 Å². The molecular formula is C16H19N5O2. The number of amides is 1. The maximum atomic E-state index is 12.8. The molecule has 1 atom stereocenters. The lowest BCUT2D eigenvalue weighted by atomic mass is 10.1. The normalized spacial score (nSPS) is 21.7. The number of fused-ring (bicyclic) bond motifs is 1. The average molecular weight is 313 g/mol. The van der Waals surface area contributed by atoms with E-state index >= 15 is 0 Å². The van der Waals surface area contributed by atoms with Gasteiger partial charge >= 0.3 is 0 Å². The van der Waals surface area contributed by atoms with Crippen molar-refractivity contribution in [3.05, 3.63) is 41.7 Å². The smallest absolute Gasteiger partial charge is 0.244 e. The summed E-state index contributed by atoms with van der Waals surface area (Å²) in [7, 11) is 0. The van der Waals surface area contributed by atoms with Crippen LogP contribution in [0.4, 0.5) is 5.69 Å². The minimum atomic E-state index is -0.113. The summed E-state index contributed by atoms with van der Waals surface area (Å²) in [6, 6.07) is 9.70. The van der Waals surface area contributed by atoms with Crippen LogP contribution in [0.5, 0.6) is 0 Å². The van der Waals surface area contributed by atoms with Crippen LogP contribution in [0.3, 0.4) is 0 Å². The van der Waals surface area contributed by atoms with Crippen LogP contribution in [-0.2, 0) is 24.5 Å². The molecule has 1 fully saturated rings. The van der Waals surface area contributed by atoms with Crippen LogP contribution < -0.4 is 4.90 Å². The highest BCUT2D eigenvalue weighted by atomic mass is 16.3. The highest BCUT2D eigenvalue weighted by Gasteiger charge is 2.38. The second-order valence-corrected chi connectivity index (χ2v) is 5.96. The molecule has 120 valence electrons. The first-order chi connectivity index (χ1) is 11.3. The van der Waals surface area contributed by atoms with Gasteiger partial charge in [0, 0.05) is 25.3 Å². The van der Waals surface area contributed by atoms with Gasteiger partial charge in [0.1, 0.15) is 5.69 Å². The summed E-state index contributed by atoms with van der Waals surface area (Å²) in [5.41, 5.74) is 2.49. The van der Waals surface area contributed by atoms with E-state index in [1.807, 2.05) is 39.9 Å². The van der Waals surface area contributed by atoms with Crippen molar-refractivity contribution in [2.24, 2.45) is 0 Å². The van der Waals surface area contributed by atoms with Gasteiger partial charge in [0.15, 0.2) is 0 Å². The van der Waals surface area contributed by atoms with Crippen LogP contribution in [0.25, 0.3) is 0 Å². The molecule has 0 saturated carbocycles. The SMILES string of the molecule is O=C1C(N2CCn3nnc(CO)c3C2)CCN1c1ccccc1. The van der Waals surface area contributed by atoms with Gasteiger partial charge in [-0.1, -0.05) is 23.4 Å². The third-order valence-electron chi connectivity index (χ3n) is 4.71. The number of hydrogen-bond donors (Lipinski definition) is 1. The van der Waals surface area contributed by atoms with E-state index in [0.717, 1.165) is 30.9 Å². The molecule has 7 nitrogen and oxygen atoms in total. The van der Waals surface area contributed by atoms with Gasteiger partial charge in [0.2, 0.25) is 5.91 Å². The quantitative estimate of drug-likeness (QED) is 0.887. The minimum absolute atomic E-state index is 0.106. The fraction of sp³-hybridized carbons (Fsp3) is 0.438. The number of nitrogens with zero attached hydrogens (tertiary/aromatic N) is 5. The lowest BCUT2D eigenvalue weighted by Gasteiger charge is -2.31. The van der Waals surface area contributed by atoms with Crippen molar-refractivity contribution >= 4 is 11.6 Å². The molecule has 0 spiro atoms. The largest absolute Gasteiger partial charge is 0.390 e. The molecule has 1 amide bonds. The van der Waals surface area contributed by atoms with Crippen LogP contribution in [0.2, 0.25) is 0 Å². The van der Waals surface area contributed by atoms with Gasteiger partial charge in [0.25, 0.3) is 0 Å². The number of hydrogen-bond acceptors (Lipinski definition) is 5. The summed E-state index contributed by atoms with van der Waals surface area (Å²) >= 11 is 0. The van der Waals surface area contributed by atoms with Crippen molar-refractivity contribution in [1.29, 1.82) is 0 Å². The molecule has 0 bridgehead atoms. The van der Waals surface area contributed by atoms with Gasteiger partial charge in [-0.05, 0) is 18.6 Å². The number of anilines is 1. The average Bonchev–Trinajstić information content (AvgIpc) is 3.18. The molecule has 1 aromatic heterocycles. The summed E-state index contributed by atoms with van der Waals surface area (Å²) in [5.74, 6) is 0.155. The second-order valence-electron chi connectivity index (χ2n) is 5.96. The Balaban J connectivity index is 1.53. The Labute approximate surface area is 134 Å². The summed E-state index contributed by atoms with van der Waals surface area (Å²) in [5, 5.41) is 17.4. The maximum Gasteiger partial charge on any atom is 0.244 e. The van der Waals surface area contributed by atoms with E-state index in [1.165, 1.54) is 0 Å². The van der Waals surface area contributed by atoms with Crippen molar-refractivity contribution in [3.63, 3.8) is 0 Å². The fourth-order valence-electron chi connectivity index (χ4n) is 3.47. The lowest BCUT2D eigenvalue weighted by molar-refractivity contribution is -0.122. The van der Waals surface area contributed by atoms with Crippen LogP contribution in [0.15, 0.2) is 30.3 Å². The third-order valence-corrected chi connectivity index (χ3v) is 4.71. The fourth-order valence-corrected chi connectivity index (χ4v) is 3.47. The number of aliphatic hydroxyl groups excluding tert-OH is 1. The zero-order valence-electron chi connectivity index (χ0n) is 12.8. The van der Waals surface area contributed by atoms with Crippen molar-refractivity contribution in [2.45, 2.75) is 32.2 Å². The third kappa shape index (κ3) is 2.42. The molecule has 1 saturated heterocycles. The lowest BCUT2D eigenvalue weighted by Crippen LogP contribution is -2.45. The highest BCUT2D eigenvalue weighted by molar-refractivity contribution is 5.99. The van der Waals surface area contributed by atoms with Crippen molar-refractivity contribution in [2.75, 3.05) is 18.0 Å². The van der Waals surface area contributed by atoms with E-state index in [-0.39, 0.29) is 18.6 Å². The van der Waals surface area contributed by atoms with Crippen molar-refractivity contribution in [3.8, 4) is 0 Å². The minimum Gasteiger partial charge on any atom is -0.390 e. The first-order valence-electron chi connectivity index (χ1n) is 7.90. The van der Waals surface area contributed by atoms with Gasteiger partial charge in [-0.2, -0.15) is 0 Å². The Morgan fingerprint density at radius 1 is 1.17 bits per heavy atom. The molecule has 7 heteroatoms. The zero-order valence-corrected chi connectivity index (χ0v) is 12.8. The first-order valence-corrected chi connectivity index (χ1v) is 7.90. The summed E-state index contributed by atoms with van der Waals surface area (Å²) < 4.78 is 1.83. The first kappa shape index (κ1) is 14.3. The Kier molecular flexibility index (Phi) is 3.59. The van der Waals surface area contributed by atoms with Gasteiger partial charge < -0.3 is 10.0 Å². The maximum absolute atomic E-state index is 12.8. The Hall–Kier alpha value is -2.25. The molecule has 1 N–H and O–H groups in total. The number of rotatable bonds is 3. The van der Waals surface area contributed by atoms with Crippen molar-refractivity contribution in [1.82, 2.24) is 19.9 Å². The number of para-hydroxylation sites is 1. The van der Waals surface area contributed by atoms with Crippen LogP contribution in [-0.4, -0.2) is 50.0 Å². The highest BCUT2D eigenvalue weighted by Crippen LogP contribution is 2.27. The molecule has 0 radical (unpaired) electrons. The molecular weight excluding hydrogens is 294 g/mol. The van der Waals surface area contributed by atoms with E-state index in [0.29, 0.717) is 18.8 Å². The van der Waals surface area contributed by atoms with E-state index in [1.54, 1.807) is 0 Å². The summed E-state index contributed by atoms with van der Waals surface area (Å²) in [6.07, 6.45) is 0.823. The van der Waals surface area contributed by atoms with Gasteiger partial charge in [-0.25, -0.2) is 4.68 Å². The van der Waals surface area contributed by atoms with E-state index in [2.05, 4.69) is 15.2 Å². The molecule has 2 aromatic rings. The second kappa shape index (κ2) is 5.75. The van der Waals surface area contributed by atoms with Gasteiger partial charge in [0.05, 0.1) is 24.9 Å². The molecule has 2 aliphatic rings. The Morgan fingerprint density at radius 3 is 2.78 bits per heavy atom. The van der Waals surface area contributed by atoms with Gasteiger partial charge in [-0.3, -0.25) is 9.69 Å². The molecule has 2 aliphatic heterocycles. The molecule has 4 rings (SSSR count). The number of carbonyl (C=O) groups is 1. The van der Waals surface area contributed by atoms with Crippen LogP contribution in [0.1, 0.15) is 17.8 Å². The Morgan fingerprint density at radius 2 is 2.00 bits per heavy atom. The number of carbonyl (C=O) groups excluding carboxylic acids is 1. The van der Waals surface area contributed by atoms with E-state index in [9.17, 15) is 9.90 Å². The van der Waals surface area contributed by atoms with E-state index < -0.39 is 0 Å². The number of aromatic nitrogens is 3. The number of benzene rings is 1. The predicted octanol–water partition coefficient (Wildman–Crippen LogP) is 0.391. The monoisotopic (exact) mass is 313 g/mol. The number of aliphatic hydroxyl groups is 1. The topological polar surface area (TPSA) is 74.5 Å². The van der Waals surface area contributed by atoms with Crippen molar-refractivity contribution < 1.29 is 9.90 Å². The van der Waals surface area contributed by atoms with E-state index in [4.69, 9.17) is 0 Å².